The lowest BCUT2D eigenvalue weighted by molar-refractivity contribution is -0.121. The average molecular weight is 301 g/mol. The Balaban J connectivity index is 2.46. The molecule has 0 spiro atoms. The average Bonchev–Trinajstić information content (AvgIpc) is 2.37. The highest BCUT2D eigenvalue weighted by Gasteiger charge is 2.10. The minimum absolute atomic E-state index is 0.000367. The van der Waals surface area contributed by atoms with Crippen molar-refractivity contribution in [2.45, 2.75) is 32.9 Å². The molecule has 0 aliphatic rings. The van der Waals surface area contributed by atoms with Gasteiger partial charge < -0.3 is 20.5 Å². The van der Waals surface area contributed by atoms with Gasteiger partial charge in [-0.1, -0.05) is 11.6 Å². The Hall–Kier alpha value is -1.46. The molecule has 1 rings (SSSR count). The van der Waals surface area contributed by atoms with Gasteiger partial charge in [-0.15, -0.1) is 0 Å². The number of hydrogen-bond acceptors (Lipinski definition) is 4. The summed E-state index contributed by atoms with van der Waals surface area (Å²) >= 11 is 5.94. The standard InChI is InChI=1S/C14H21ClN2O3/c1-9(2)17-13(18)4-5-16-8-10-6-11(15)7-12(20-3)14(10)19/h6-7,9,16,19H,4-5,8H2,1-3H3,(H,17,18). The number of aromatic hydroxyl groups is 1. The summed E-state index contributed by atoms with van der Waals surface area (Å²) in [6.07, 6.45) is 0.386. The van der Waals surface area contributed by atoms with Crippen molar-refractivity contribution in [3.8, 4) is 11.5 Å². The molecule has 0 atom stereocenters. The molecule has 0 aliphatic carbocycles. The third kappa shape index (κ3) is 5.27. The Morgan fingerprint density at radius 2 is 2.15 bits per heavy atom. The lowest BCUT2D eigenvalue weighted by Crippen LogP contribution is -2.32. The molecule has 0 fully saturated rings. The van der Waals surface area contributed by atoms with E-state index in [1.54, 1.807) is 12.1 Å². The lowest BCUT2D eigenvalue weighted by atomic mass is 10.2. The Morgan fingerprint density at radius 1 is 1.45 bits per heavy atom. The molecule has 0 saturated carbocycles. The highest BCUT2D eigenvalue weighted by Crippen LogP contribution is 2.33. The summed E-state index contributed by atoms with van der Waals surface area (Å²) in [5.74, 6) is 0.406. The van der Waals surface area contributed by atoms with E-state index in [2.05, 4.69) is 10.6 Å². The summed E-state index contributed by atoms with van der Waals surface area (Å²) in [6.45, 7) is 4.77. The molecule has 0 saturated heterocycles. The third-order valence-corrected chi connectivity index (χ3v) is 2.85. The SMILES string of the molecule is COc1cc(Cl)cc(CNCCC(=O)NC(C)C)c1O. The normalized spacial score (nSPS) is 10.7. The second-order valence-electron chi connectivity index (χ2n) is 4.76. The van der Waals surface area contributed by atoms with Crippen LogP contribution in [-0.2, 0) is 11.3 Å². The van der Waals surface area contributed by atoms with E-state index in [9.17, 15) is 9.90 Å². The summed E-state index contributed by atoms with van der Waals surface area (Å²) < 4.78 is 5.03. The van der Waals surface area contributed by atoms with Gasteiger partial charge in [-0.25, -0.2) is 0 Å². The Morgan fingerprint density at radius 3 is 2.75 bits per heavy atom. The number of benzene rings is 1. The minimum atomic E-state index is 0.000367. The van der Waals surface area contributed by atoms with Crippen LogP contribution in [0.4, 0.5) is 0 Å². The predicted octanol–water partition coefficient (Wildman–Crippen LogP) is 2.06. The van der Waals surface area contributed by atoms with Gasteiger partial charge in [-0.3, -0.25) is 4.79 Å². The topological polar surface area (TPSA) is 70.6 Å². The highest BCUT2D eigenvalue weighted by atomic mass is 35.5. The molecular weight excluding hydrogens is 280 g/mol. The van der Waals surface area contributed by atoms with E-state index in [1.165, 1.54) is 7.11 Å². The quantitative estimate of drug-likeness (QED) is 0.674. The summed E-state index contributed by atoms with van der Waals surface area (Å²) in [5.41, 5.74) is 0.638. The number of amides is 1. The van der Waals surface area contributed by atoms with E-state index in [-0.39, 0.29) is 17.7 Å². The summed E-state index contributed by atoms with van der Waals surface area (Å²) in [6, 6.07) is 3.36. The molecule has 112 valence electrons. The smallest absolute Gasteiger partial charge is 0.221 e. The first-order valence-corrected chi connectivity index (χ1v) is 6.87. The van der Waals surface area contributed by atoms with Gasteiger partial charge in [0, 0.05) is 42.2 Å². The maximum absolute atomic E-state index is 11.4. The third-order valence-electron chi connectivity index (χ3n) is 2.63. The van der Waals surface area contributed by atoms with Crippen molar-refractivity contribution in [2.75, 3.05) is 13.7 Å². The van der Waals surface area contributed by atoms with Crippen molar-refractivity contribution in [3.63, 3.8) is 0 Å². The molecule has 20 heavy (non-hydrogen) atoms. The van der Waals surface area contributed by atoms with Crippen LogP contribution in [0.25, 0.3) is 0 Å². The zero-order chi connectivity index (χ0) is 15.1. The first kappa shape index (κ1) is 16.6. The van der Waals surface area contributed by atoms with Crippen LogP contribution in [-0.4, -0.2) is 30.7 Å². The zero-order valence-corrected chi connectivity index (χ0v) is 12.8. The van der Waals surface area contributed by atoms with Crippen molar-refractivity contribution in [2.24, 2.45) is 0 Å². The number of phenolic OH excluding ortho intramolecular Hbond substituents is 1. The van der Waals surface area contributed by atoms with E-state index in [4.69, 9.17) is 16.3 Å². The molecule has 0 aliphatic heterocycles. The largest absolute Gasteiger partial charge is 0.504 e. The first-order chi connectivity index (χ1) is 9.43. The first-order valence-electron chi connectivity index (χ1n) is 6.49. The number of halogens is 1. The Bertz CT molecular complexity index is 464. The van der Waals surface area contributed by atoms with Gasteiger partial charge >= 0.3 is 0 Å². The molecule has 1 aromatic rings. The summed E-state index contributed by atoms with van der Waals surface area (Å²) in [7, 11) is 1.47. The van der Waals surface area contributed by atoms with Crippen LogP contribution in [0.15, 0.2) is 12.1 Å². The summed E-state index contributed by atoms with van der Waals surface area (Å²) in [5, 5.41) is 16.3. The number of nitrogens with one attached hydrogen (secondary N) is 2. The van der Waals surface area contributed by atoms with Crippen LogP contribution in [0, 0.1) is 0 Å². The van der Waals surface area contributed by atoms with E-state index >= 15 is 0 Å². The maximum Gasteiger partial charge on any atom is 0.221 e. The van der Waals surface area contributed by atoms with Crippen LogP contribution >= 0.6 is 11.6 Å². The Kier molecular flexibility index (Phi) is 6.61. The van der Waals surface area contributed by atoms with Gasteiger partial charge in [0.1, 0.15) is 0 Å². The molecule has 0 unspecified atom stereocenters. The van der Waals surface area contributed by atoms with Gasteiger partial charge in [0.15, 0.2) is 11.5 Å². The molecule has 0 bridgehead atoms. The molecular formula is C14H21ClN2O3. The molecule has 0 aromatic heterocycles. The van der Waals surface area contributed by atoms with E-state index in [0.717, 1.165) is 0 Å². The van der Waals surface area contributed by atoms with Crippen molar-refractivity contribution in [3.05, 3.63) is 22.7 Å². The maximum atomic E-state index is 11.4. The monoisotopic (exact) mass is 300 g/mol. The molecule has 1 aromatic carbocycles. The Labute approximate surface area is 124 Å². The molecule has 0 radical (unpaired) electrons. The van der Waals surface area contributed by atoms with E-state index in [0.29, 0.717) is 35.8 Å². The lowest BCUT2D eigenvalue weighted by Gasteiger charge is -2.11. The minimum Gasteiger partial charge on any atom is -0.504 e. The number of methoxy groups -OCH3 is 1. The van der Waals surface area contributed by atoms with Gasteiger partial charge in [0.2, 0.25) is 5.91 Å². The van der Waals surface area contributed by atoms with Crippen molar-refractivity contribution >= 4 is 17.5 Å². The van der Waals surface area contributed by atoms with Gasteiger partial charge in [0.05, 0.1) is 7.11 Å². The predicted molar refractivity (Wildman–Crippen MR) is 79.3 cm³/mol. The number of phenols is 1. The van der Waals surface area contributed by atoms with E-state index < -0.39 is 0 Å². The summed E-state index contributed by atoms with van der Waals surface area (Å²) in [4.78, 5) is 11.4. The van der Waals surface area contributed by atoms with Crippen molar-refractivity contribution in [1.82, 2.24) is 10.6 Å². The van der Waals surface area contributed by atoms with Crippen LogP contribution in [0.5, 0.6) is 11.5 Å². The van der Waals surface area contributed by atoms with Crippen molar-refractivity contribution < 1.29 is 14.6 Å². The van der Waals surface area contributed by atoms with Gasteiger partial charge in [-0.05, 0) is 19.9 Å². The fourth-order valence-electron chi connectivity index (χ4n) is 1.74. The molecule has 5 nitrogen and oxygen atoms in total. The van der Waals surface area contributed by atoms with Crippen molar-refractivity contribution in [1.29, 1.82) is 0 Å². The fourth-order valence-corrected chi connectivity index (χ4v) is 1.97. The molecule has 3 N–H and O–H groups in total. The molecule has 6 heteroatoms. The second-order valence-corrected chi connectivity index (χ2v) is 5.20. The van der Waals surface area contributed by atoms with Crippen LogP contribution < -0.4 is 15.4 Å². The molecule has 1 amide bonds. The zero-order valence-electron chi connectivity index (χ0n) is 12.0. The highest BCUT2D eigenvalue weighted by molar-refractivity contribution is 6.30. The van der Waals surface area contributed by atoms with Crippen LogP contribution in [0.1, 0.15) is 25.8 Å². The van der Waals surface area contributed by atoms with Gasteiger partial charge in [-0.2, -0.15) is 0 Å². The van der Waals surface area contributed by atoms with Crippen LogP contribution in [0.3, 0.4) is 0 Å². The molecule has 0 heterocycles. The van der Waals surface area contributed by atoms with Crippen LogP contribution in [0.2, 0.25) is 5.02 Å². The number of carbonyl (C=O) groups is 1. The number of carbonyl (C=O) groups excluding carboxylic acids is 1. The fraction of sp³-hybridized carbons (Fsp3) is 0.500. The second kappa shape index (κ2) is 7.97. The van der Waals surface area contributed by atoms with E-state index in [1.807, 2.05) is 13.8 Å². The number of rotatable bonds is 7. The number of hydrogen-bond donors (Lipinski definition) is 3. The number of ether oxygens (including phenoxy) is 1. The van der Waals surface area contributed by atoms with Gasteiger partial charge in [0.25, 0.3) is 0 Å².